The largest absolute Gasteiger partial charge is 0.478 e. The maximum absolute atomic E-state index is 12.2. The van der Waals surface area contributed by atoms with E-state index in [1.807, 2.05) is 6.07 Å². The molecule has 1 aromatic rings. The number of carboxylic acid groups (broad SMARTS) is 1. The van der Waals surface area contributed by atoms with E-state index < -0.39 is 5.97 Å². The highest BCUT2D eigenvalue weighted by atomic mass is 16.5. The van der Waals surface area contributed by atoms with Gasteiger partial charge in [-0.3, -0.25) is 4.79 Å². The Morgan fingerprint density at radius 2 is 2.14 bits per heavy atom. The van der Waals surface area contributed by atoms with Crippen LogP contribution in [0.4, 0.5) is 0 Å². The zero-order valence-electron chi connectivity index (χ0n) is 12.2. The van der Waals surface area contributed by atoms with Gasteiger partial charge >= 0.3 is 5.97 Å². The molecule has 0 bridgehead atoms. The number of hydrogen-bond acceptors (Lipinski definition) is 3. The minimum Gasteiger partial charge on any atom is -0.478 e. The summed E-state index contributed by atoms with van der Waals surface area (Å²) < 4.78 is 5.15. The lowest BCUT2D eigenvalue weighted by Crippen LogP contribution is -2.49. The number of ether oxygens (including phenoxy) is 1. The number of rotatable bonds is 7. The van der Waals surface area contributed by atoms with Crippen LogP contribution in [0.2, 0.25) is 0 Å². The van der Waals surface area contributed by atoms with Crippen molar-refractivity contribution < 1.29 is 19.4 Å². The smallest absolute Gasteiger partial charge is 0.335 e. The molecule has 0 aliphatic heterocycles. The maximum atomic E-state index is 12.2. The molecule has 1 fully saturated rings. The summed E-state index contributed by atoms with van der Waals surface area (Å²) in [4.78, 5) is 23.1. The summed E-state index contributed by atoms with van der Waals surface area (Å²) in [5.41, 5.74) is 0.829. The van der Waals surface area contributed by atoms with Crippen molar-refractivity contribution in [2.24, 2.45) is 5.41 Å². The van der Waals surface area contributed by atoms with E-state index in [-0.39, 0.29) is 16.9 Å². The van der Waals surface area contributed by atoms with Gasteiger partial charge in [-0.25, -0.2) is 4.79 Å². The molecule has 5 nitrogen and oxygen atoms in total. The van der Waals surface area contributed by atoms with Crippen molar-refractivity contribution in [2.45, 2.75) is 25.7 Å². The molecule has 0 saturated heterocycles. The number of methoxy groups -OCH3 is 1. The highest BCUT2D eigenvalue weighted by Crippen LogP contribution is 2.41. The molecule has 1 aliphatic rings. The van der Waals surface area contributed by atoms with E-state index in [4.69, 9.17) is 9.84 Å². The lowest BCUT2D eigenvalue weighted by atomic mass is 9.68. The molecule has 0 heterocycles. The minimum atomic E-state index is -0.936. The zero-order chi connectivity index (χ0) is 15.3. The second kappa shape index (κ2) is 6.72. The fourth-order valence-electron chi connectivity index (χ4n) is 2.68. The van der Waals surface area contributed by atoms with Gasteiger partial charge in [-0.2, -0.15) is 0 Å². The van der Waals surface area contributed by atoms with Gasteiger partial charge in [-0.1, -0.05) is 18.6 Å². The zero-order valence-corrected chi connectivity index (χ0v) is 12.2. The molecule has 1 aromatic carbocycles. The molecular formula is C16H21NO4. The third-order valence-corrected chi connectivity index (χ3v) is 4.09. The number of aromatic carboxylic acids is 1. The highest BCUT2D eigenvalue weighted by molar-refractivity contribution is 5.87. The monoisotopic (exact) mass is 291 g/mol. The van der Waals surface area contributed by atoms with Crippen molar-refractivity contribution in [2.75, 3.05) is 20.3 Å². The van der Waals surface area contributed by atoms with Crippen LogP contribution >= 0.6 is 0 Å². The molecule has 2 N–H and O–H groups in total. The number of hydrogen-bond donors (Lipinski definition) is 2. The Balaban J connectivity index is 1.85. The summed E-state index contributed by atoms with van der Waals surface area (Å²) in [6.45, 7) is 0.973. The minimum absolute atomic E-state index is 0.0463. The predicted molar refractivity (Wildman–Crippen MR) is 78.3 cm³/mol. The number of benzene rings is 1. The summed E-state index contributed by atoms with van der Waals surface area (Å²) >= 11 is 0. The van der Waals surface area contributed by atoms with Gasteiger partial charge in [0.2, 0.25) is 5.91 Å². The van der Waals surface area contributed by atoms with Crippen LogP contribution in [0.3, 0.4) is 0 Å². The van der Waals surface area contributed by atoms with E-state index in [1.165, 1.54) is 0 Å². The van der Waals surface area contributed by atoms with Gasteiger partial charge in [0.1, 0.15) is 0 Å². The van der Waals surface area contributed by atoms with Gasteiger partial charge < -0.3 is 15.2 Å². The van der Waals surface area contributed by atoms with Crippen LogP contribution in [-0.2, 0) is 16.0 Å². The first-order valence-electron chi connectivity index (χ1n) is 7.17. The molecule has 0 spiro atoms. The van der Waals surface area contributed by atoms with Gasteiger partial charge in [-0.05, 0) is 37.0 Å². The molecule has 5 heteroatoms. The first-order valence-corrected chi connectivity index (χ1v) is 7.17. The number of carboxylic acids is 1. The van der Waals surface area contributed by atoms with E-state index >= 15 is 0 Å². The number of carbonyl (C=O) groups excluding carboxylic acids is 1. The molecule has 0 radical (unpaired) electrons. The Kier molecular flexibility index (Phi) is 4.96. The van der Waals surface area contributed by atoms with Crippen molar-refractivity contribution in [1.29, 1.82) is 0 Å². The molecule has 114 valence electrons. The first-order chi connectivity index (χ1) is 10.1. The SMILES string of the molecule is COCC1(C(=O)NCCc2cccc(C(=O)O)c2)CCC1. The Morgan fingerprint density at radius 1 is 1.38 bits per heavy atom. The van der Waals surface area contributed by atoms with Crippen molar-refractivity contribution in [1.82, 2.24) is 5.32 Å². The lowest BCUT2D eigenvalue weighted by Gasteiger charge is -2.39. The Labute approximate surface area is 124 Å². The molecule has 0 aromatic heterocycles. The molecule has 1 amide bonds. The fraction of sp³-hybridized carbons (Fsp3) is 0.500. The van der Waals surface area contributed by atoms with Crippen LogP contribution in [0.1, 0.15) is 35.2 Å². The van der Waals surface area contributed by atoms with E-state index in [1.54, 1.807) is 25.3 Å². The van der Waals surface area contributed by atoms with Crippen molar-refractivity contribution in [3.05, 3.63) is 35.4 Å². The molecule has 2 rings (SSSR count). The van der Waals surface area contributed by atoms with Gasteiger partial charge in [0.25, 0.3) is 0 Å². The fourth-order valence-corrected chi connectivity index (χ4v) is 2.68. The second-order valence-electron chi connectivity index (χ2n) is 5.58. The molecule has 21 heavy (non-hydrogen) atoms. The van der Waals surface area contributed by atoms with E-state index in [2.05, 4.69) is 5.32 Å². The standard InChI is InChI=1S/C16H21NO4/c1-21-11-16(7-3-8-16)15(20)17-9-6-12-4-2-5-13(10-12)14(18)19/h2,4-5,10H,3,6-9,11H2,1H3,(H,17,20)(H,18,19). The van der Waals surface area contributed by atoms with Crippen LogP contribution in [0.15, 0.2) is 24.3 Å². The average molecular weight is 291 g/mol. The van der Waals surface area contributed by atoms with Gasteiger partial charge in [0, 0.05) is 13.7 Å². The molecule has 0 unspecified atom stereocenters. The first kappa shape index (κ1) is 15.5. The molecule has 1 aliphatic carbocycles. The summed E-state index contributed by atoms with van der Waals surface area (Å²) in [5.74, 6) is -0.889. The average Bonchev–Trinajstić information content (AvgIpc) is 2.43. The Morgan fingerprint density at radius 3 is 2.71 bits per heavy atom. The third-order valence-electron chi connectivity index (χ3n) is 4.09. The van der Waals surface area contributed by atoms with Crippen molar-refractivity contribution >= 4 is 11.9 Å². The lowest BCUT2D eigenvalue weighted by molar-refractivity contribution is -0.140. The summed E-state index contributed by atoms with van der Waals surface area (Å²) in [6.07, 6.45) is 3.44. The number of carbonyl (C=O) groups is 2. The van der Waals surface area contributed by atoms with E-state index in [0.717, 1.165) is 24.8 Å². The Hall–Kier alpha value is -1.88. The second-order valence-corrected chi connectivity index (χ2v) is 5.58. The van der Waals surface area contributed by atoms with Gasteiger partial charge in [0.15, 0.2) is 0 Å². The number of nitrogens with one attached hydrogen (secondary N) is 1. The maximum Gasteiger partial charge on any atom is 0.335 e. The normalized spacial score (nSPS) is 16.0. The molecule has 0 atom stereocenters. The highest BCUT2D eigenvalue weighted by Gasteiger charge is 2.43. The quantitative estimate of drug-likeness (QED) is 0.804. The van der Waals surface area contributed by atoms with E-state index in [9.17, 15) is 9.59 Å². The number of amides is 1. The van der Waals surface area contributed by atoms with Crippen molar-refractivity contribution in [3.8, 4) is 0 Å². The van der Waals surface area contributed by atoms with Crippen LogP contribution in [-0.4, -0.2) is 37.2 Å². The third kappa shape index (κ3) is 3.61. The summed E-state index contributed by atoms with van der Waals surface area (Å²) in [7, 11) is 1.62. The van der Waals surface area contributed by atoms with Gasteiger partial charge in [-0.15, -0.1) is 0 Å². The summed E-state index contributed by atoms with van der Waals surface area (Å²) in [5, 5.41) is 11.9. The van der Waals surface area contributed by atoms with E-state index in [0.29, 0.717) is 19.6 Å². The van der Waals surface area contributed by atoms with Crippen LogP contribution in [0.25, 0.3) is 0 Å². The molecular weight excluding hydrogens is 270 g/mol. The van der Waals surface area contributed by atoms with Crippen molar-refractivity contribution in [3.63, 3.8) is 0 Å². The van der Waals surface area contributed by atoms with Crippen LogP contribution in [0.5, 0.6) is 0 Å². The summed E-state index contributed by atoms with van der Waals surface area (Å²) in [6, 6.07) is 6.79. The van der Waals surface area contributed by atoms with Gasteiger partial charge in [0.05, 0.1) is 17.6 Å². The Bertz CT molecular complexity index is 523. The van der Waals surface area contributed by atoms with Crippen LogP contribution < -0.4 is 5.32 Å². The topological polar surface area (TPSA) is 75.6 Å². The molecule has 1 saturated carbocycles. The predicted octanol–water partition coefficient (Wildman–Crippen LogP) is 1.86. The van der Waals surface area contributed by atoms with Crippen LogP contribution in [0, 0.1) is 5.41 Å².